The van der Waals surface area contributed by atoms with Gasteiger partial charge in [0.1, 0.15) is 5.60 Å². The largest absolute Gasteiger partial charge is 0.480 e. The molecule has 0 saturated carbocycles. The van der Waals surface area contributed by atoms with Crippen LogP contribution < -0.4 is 10.6 Å². The Morgan fingerprint density at radius 2 is 1.62 bits per heavy atom. The number of alkyl carbamates (subject to hydrolysis) is 1. The number of aliphatic carboxylic acids is 1. The van der Waals surface area contributed by atoms with E-state index in [2.05, 4.69) is 10.6 Å². The molecule has 0 unspecified atom stereocenters. The quantitative estimate of drug-likeness (QED) is 0.745. The lowest BCUT2D eigenvalue weighted by Gasteiger charge is -2.19. The topological polar surface area (TPSA) is 87.7 Å². The maximum atomic E-state index is 11.5. The van der Waals surface area contributed by atoms with Gasteiger partial charge in [-0.1, -0.05) is 24.3 Å². The highest BCUT2D eigenvalue weighted by atomic mass is 16.6. The Morgan fingerprint density at radius 1 is 1.10 bits per heavy atom. The summed E-state index contributed by atoms with van der Waals surface area (Å²) in [6, 6.07) is 7.55. The van der Waals surface area contributed by atoms with Crippen LogP contribution >= 0.6 is 0 Å². The fourth-order valence-electron chi connectivity index (χ4n) is 1.58. The second kappa shape index (κ2) is 7.64. The van der Waals surface area contributed by atoms with Gasteiger partial charge in [-0.3, -0.25) is 4.79 Å². The van der Waals surface area contributed by atoms with Gasteiger partial charge in [-0.05, 0) is 31.9 Å². The van der Waals surface area contributed by atoms with Crippen molar-refractivity contribution in [1.82, 2.24) is 10.6 Å². The van der Waals surface area contributed by atoms with Crippen LogP contribution in [0.15, 0.2) is 24.3 Å². The van der Waals surface area contributed by atoms with Gasteiger partial charge >= 0.3 is 12.1 Å². The number of nitrogens with one attached hydrogen (secondary N) is 2. The van der Waals surface area contributed by atoms with Gasteiger partial charge in [-0.2, -0.15) is 0 Å². The number of ether oxygens (including phenoxy) is 1. The van der Waals surface area contributed by atoms with Gasteiger partial charge in [0.05, 0.1) is 6.54 Å². The Bertz CT molecular complexity index is 477. The molecule has 0 aliphatic rings. The van der Waals surface area contributed by atoms with Gasteiger partial charge in [0, 0.05) is 13.1 Å². The summed E-state index contributed by atoms with van der Waals surface area (Å²) in [4.78, 5) is 21.9. The molecule has 0 aliphatic heterocycles. The third kappa shape index (κ3) is 7.94. The van der Waals surface area contributed by atoms with E-state index in [0.29, 0.717) is 13.1 Å². The van der Waals surface area contributed by atoms with E-state index < -0.39 is 17.7 Å². The van der Waals surface area contributed by atoms with Gasteiger partial charge < -0.3 is 20.5 Å². The molecule has 0 heterocycles. The standard InChI is InChI=1S/C15H22N2O4/c1-15(2,3)21-14(20)17-9-12-6-4-11(5-7-12)8-16-10-13(18)19/h4-7,16H,8-10H2,1-3H3,(H,17,20)(H,18,19). The van der Waals surface area contributed by atoms with Crippen LogP contribution in [-0.4, -0.2) is 29.3 Å². The number of hydrogen-bond acceptors (Lipinski definition) is 4. The van der Waals surface area contributed by atoms with Crippen molar-refractivity contribution >= 4 is 12.1 Å². The summed E-state index contributed by atoms with van der Waals surface area (Å²) >= 11 is 0. The highest BCUT2D eigenvalue weighted by Crippen LogP contribution is 2.08. The number of hydrogen-bond donors (Lipinski definition) is 3. The van der Waals surface area contributed by atoms with Gasteiger partial charge in [0.15, 0.2) is 0 Å². The molecule has 1 rings (SSSR count). The number of carbonyl (C=O) groups excluding carboxylic acids is 1. The Hall–Kier alpha value is -2.08. The molecule has 0 spiro atoms. The van der Waals surface area contributed by atoms with E-state index in [1.807, 2.05) is 45.0 Å². The van der Waals surface area contributed by atoms with Gasteiger partial charge in [0.25, 0.3) is 0 Å². The Balaban J connectivity index is 2.37. The maximum Gasteiger partial charge on any atom is 0.407 e. The van der Waals surface area contributed by atoms with Gasteiger partial charge in [0.2, 0.25) is 0 Å². The third-order valence-corrected chi connectivity index (χ3v) is 2.46. The average Bonchev–Trinajstić information content (AvgIpc) is 2.35. The molecule has 0 aliphatic carbocycles. The second-order valence-electron chi connectivity index (χ2n) is 5.67. The van der Waals surface area contributed by atoms with Crippen molar-refractivity contribution in [1.29, 1.82) is 0 Å². The molecular formula is C15H22N2O4. The molecular weight excluding hydrogens is 272 g/mol. The molecule has 1 amide bonds. The van der Waals surface area contributed by atoms with Crippen molar-refractivity contribution in [3.63, 3.8) is 0 Å². The molecule has 0 saturated heterocycles. The highest BCUT2D eigenvalue weighted by Gasteiger charge is 2.15. The fourth-order valence-corrected chi connectivity index (χ4v) is 1.58. The minimum atomic E-state index is -0.881. The summed E-state index contributed by atoms with van der Waals surface area (Å²) in [6.45, 7) is 6.24. The molecule has 3 N–H and O–H groups in total. The zero-order valence-corrected chi connectivity index (χ0v) is 12.6. The van der Waals surface area contributed by atoms with Crippen LogP contribution in [0.4, 0.5) is 4.79 Å². The van der Waals surface area contributed by atoms with Crippen molar-refractivity contribution in [2.45, 2.75) is 39.5 Å². The molecule has 6 heteroatoms. The smallest absolute Gasteiger partial charge is 0.407 e. The van der Waals surface area contributed by atoms with Crippen molar-refractivity contribution in [3.8, 4) is 0 Å². The van der Waals surface area contributed by atoms with Gasteiger partial charge in [-0.25, -0.2) is 4.79 Å². The van der Waals surface area contributed by atoms with Crippen molar-refractivity contribution in [2.75, 3.05) is 6.54 Å². The minimum absolute atomic E-state index is 0.0675. The van der Waals surface area contributed by atoms with Crippen LogP contribution in [0.25, 0.3) is 0 Å². The SMILES string of the molecule is CC(C)(C)OC(=O)NCc1ccc(CNCC(=O)O)cc1. The molecule has 1 aromatic rings. The molecule has 0 aromatic heterocycles. The zero-order chi connectivity index (χ0) is 15.9. The molecule has 0 radical (unpaired) electrons. The van der Waals surface area contributed by atoms with Crippen LogP contribution in [0.5, 0.6) is 0 Å². The van der Waals surface area contributed by atoms with E-state index >= 15 is 0 Å². The molecule has 21 heavy (non-hydrogen) atoms. The monoisotopic (exact) mass is 294 g/mol. The summed E-state index contributed by atoms with van der Waals surface area (Å²) in [5.41, 5.74) is 1.42. The number of amides is 1. The molecule has 1 aromatic carbocycles. The third-order valence-electron chi connectivity index (χ3n) is 2.46. The lowest BCUT2D eigenvalue weighted by Crippen LogP contribution is -2.32. The van der Waals surface area contributed by atoms with E-state index in [1.54, 1.807) is 0 Å². The summed E-state index contributed by atoms with van der Waals surface area (Å²) in [7, 11) is 0. The van der Waals surface area contributed by atoms with Crippen LogP contribution in [0.1, 0.15) is 31.9 Å². The van der Waals surface area contributed by atoms with Crippen molar-refractivity contribution in [2.24, 2.45) is 0 Å². The number of rotatable bonds is 6. The first-order valence-corrected chi connectivity index (χ1v) is 6.73. The minimum Gasteiger partial charge on any atom is -0.480 e. The van der Waals surface area contributed by atoms with E-state index in [4.69, 9.17) is 9.84 Å². The number of carbonyl (C=O) groups is 2. The Kier molecular flexibility index (Phi) is 6.17. The maximum absolute atomic E-state index is 11.5. The molecule has 116 valence electrons. The van der Waals surface area contributed by atoms with Gasteiger partial charge in [-0.15, -0.1) is 0 Å². The van der Waals surface area contributed by atoms with E-state index in [0.717, 1.165) is 11.1 Å². The first kappa shape index (κ1) is 17.0. The highest BCUT2D eigenvalue weighted by molar-refractivity contribution is 5.69. The summed E-state index contributed by atoms with van der Waals surface area (Å²) in [5, 5.41) is 14.0. The van der Waals surface area contributed by atoms with Crippen LogP contribution in [0.3, 0.4) is 0 Å². The Labute approximate surface area is 124 Å². The predicted molar refractivity (Wildman–Crippen MR) is 78.9 cm³/mol. The normalized spacial score (nSPS) is 11.0. The first-order chi connectivity index (χ1) is 9.76. The molecule has 0 atom stereocenters. The lowest BCUT2D eigenvalue weighted by molar-refractivity contribution is -0.136. The zero-order valence-electron chi connectivity index (χ0n) is 12.6. The van der Waals surface area contributed by atoms with E-state index in [-0.39, 0.29) is 6.54 Å². The fraction of sp³-hybridized carbons (Fsp3) is 0.467. The van der Waals surface area contributed by atoms with Crippen molar-refractivity contribution in [3.05, 3.63) is 35.4 Å². The summed E-state index contributed by atoms with van der Waals surface area (Å²) < 4.78 is 5.14. The van der Waals surface area contributed by atoms with Crippen LogP contribution in [0.2, 0.25) is 0 Å². The molecule has 6 nitrogen and oxygen atoms in total. The predicted octanol–water partition coefficient (Wildman–Crippen LogP) is 1.89. The number of benzene rings is 1. The summed E-state index contributed by atoms with van der Waals surface area (Å²) in [6.07, 6.45) is -0.449. The summed E-state index contributed by atoms with van der Waals surface area (Å²) in [5.74, 6) is -0.881. The first-order valence-electron chi connectivity index (χ1n) is 6.73. The van der Waals surface area contributed by atoms with Crippen molar-refractivity contribution < 1.29 is 19.4 Å². The van der Waals surface area contributed by atoms with E-state index in [9.17, 15) is 9.59 Å². The van der Waals surface area contributed by atoms with E-state index in [1.165, 1.54) is 0 Å². The van der Waals surface area contributed by atoms with Crippen LogP contribution in [0, 0.1) is 0 Å². The lowest BCUT2D eigenvalue weighted by atomic mass is 10.1. The van der Waals surface area contributed by atoms with Crippen LogP contribution in [-0.2, 0) is 22.6 Å². The second-order valence-corrected chi connectivity index (χ2v) is 5.67. The number of carboxylic acid groups (broad SMARTS) is 1. The Morgan fingerprint density at radius 3 is 2.10 bits per heavy atom. The molecule has 0 fully saturated rings. The molecule has 0 bridgehead atoms. The average molecular weight is 294 g/mol. The number of carboxylic acids is 1.